The molecule has 100 valence electrons. The predicted octanol–water partition coefficient (Wildman–Crippen LogP) is 4.53. The molecule has 0 saturated carbocycles. The summed E-state index contributed by atoms with van der Waals surface area (Å²) in [4.78, 5) is 0. The van der Waals surface area contributed by atoms with Gasteiger partial charge < -0.3 is 9.47 Å². The van der Waals surface area contributed by atoms with Crippen LogP contribution in [0.4, 0.5) is 0 Å². The summed E-state index contributed by atoms with van der Waals surface area (Å²) >= 11 is 2.29. The maximum Gasteiger partial charge on any atom is 0.119 e. The van der Waals surface area contributed by atoms with E-state index >= 15 is 0 Å². The highest BCUT2D eigenvalue weighted by molar-refractivity contribution is 14.1. The fourth-order valence-corrected chi connectivity index (χ4v) is 1.99. The third-order valence-electron chi connectivity index (χ3n) is 2.63. The molecule has 0 spiro atoms. The van der Waals surface area contributed by atoms with Crippen LogP contribution in [0.25, 0.3) is 0 Å². The van der Waals surface area contributed by atoms with E-state index < -0.39 is 0 Å². The number of ether oxygens (including phenoxy) is 2. The van der Waals surface area contributed by atoms with Crippen molar-refractivity contribution >= 4 is 22.6 Å². The van der Waals surface area contributed by atoms with Gasteiger partial charge in [-0.15, -0.1) is 0 Å². The van der Waals surface area contributed by atoms with E-state index in [0.29, 0.717) is 0 Å². The SMILES string of the molecule is Ic1ccc(OCCCCOc2ccccc2)cc1. The summed E-state index contributed by atoms with van der Waals surface area (Å²) in [5.41, 5.74) is 0. The third kappa shape index (κ3) is 5.51. The van der Waals surface area contributed by atoms with Crippen LogP contribution in [0.5, 0.6) is 11.5 Å². The Balaban J connectivity index is 1.56. The molecule has 0 aliphatic carbocycles. The first-order chi connectivity index (χ1) is 9.34. The Kier molecular flexibility index (Phi) is 6.01. The van der Waals surface area contributed by atoms with Gasteiger partial charge in [0.1, 0.15) is 11.5 Å². The molecular formula is C16H17IO2. The number of halogens is 1. The molecular weight excluding hydrogens is 351 g/mol. The standard InChI is InChI=1S/C16H17IO2/c17-14-8-10-16(11-9-14)19-13-5-4-12-18-15-6-2-1-3-7-15/h1-3,6-11H,4-5,12-13H2. The Morgan fingerprint density at radius 3 is 1.79 bits per heavy atom. The molecule has 0 radical (unpaired) electrons. The Morgan fingerprint density at radius 2 is 1.21 bits per heavy atom. The number of unbranched alkanes of at least 4 members (excludes halogenated alkanes) is 1. The fourth-order valence-electron chi connectivity index (χ4n) is 1.63. The third-order valence-corrected chi connectivity index (χ3v) is 3.35. The molecule has 0 aliphatic rings. The quantitative estimate of drug-likeness (QED) is 0.528. The smallest absolute Gasteiger partial charge is 0.119 e. The first-order valence-electron chi connectivity index (χ1n) is 6.41. The summed E-state index contributed by atoms with van der Waals surface area (Å²) in [6, 6.07) is 18.0. The molecule has 0 unspecified atom stereocenters. The molecule has 2 rings (SSSR count). The Labute approximate surface area is 127 Å². The van der Waals surface area contributed by atoms with Gasteiger partial charge in [0.2, 0.25) is 0 Å². The second-order valence-corrected chi connectivity index (χ2v) is 5.42. The summed E-state index contributed by atoms with van der Waals surface area (Å²) in [6.07, 6.45) is 2.00. The fraction of sp³-hybridized carbons (Fsp3) is 0.250. The lowest BCUT2D eigenvalue weighted by Crippen LogP contribution is -2.02. The van der Waals surface area contributed by atoms with Crippen molar-refractivity contribution in [3.63, 3.8) is 0 Å². The van der Waals surface area contributed by atoms with E-state index in [2.05, 4.69) is 34.7 Å². The molecule has 19 heavy (non-hydrogen) atoms. The maximum atomic E-state index is 5.65. The average Bonchev–Trinajstić information content (AvgIpc) is 2.46. The van der Waals surface area contributed by atoms with Crippen LogP contribution in [0.2, 0.25) is 0 Å². The lowest BCUT2D eigenvalue weighted by atomic mass is 10.3. The van der Waals surface area contributed by atoms with E-state index in [0.717, 1.165) is 37.6 Å². The normalized spacial score (nSPS) is 10.2. The van der Waals surface area contributed by atoms with Gasteiger partial charge in [0, 0.05) is 3.57 Å². The molecule has 0 bridgehead atoms. The number of hydrogen-bond acceptors (Lipinski definition) is 2. The van der Waals surface area contributed by atoms with Gasteiger partial charge in [-0.05, 0) is 71.8 Å². The largest absolute Gasteiger partial charge is 0.494 e. The van der Waals surface area contributed by atoms with Crippen LogP contribution in [-0.2, 0) is 0 Å². The van der Waals surface area contributed by atoms with Gasteiger partial charge >= 0.3 is 0 Å². The highest BCUT2D eigenvalue weighted by Gasteiger charge is 1.95. The molecule has 2 aromatic rings. The second-order valence-electron chi connectivity index (χ2n) is 4.17. The number of benzene rings is 2. The predicted molar refractivity (Wildman–Crippen MR) is 85.8 cm³/mol. The van der Waals surface area contributed by atoms with Crippen molar-refractivity contribution < 1.29 is 9.47 Å². The summed E-state index contributed by atoms with van der Waals surface area (Å²) < 4.78 is 12.5. The maximum absolute atomic E-state index is 5.65. The van der Waals surface area contributed by atoms with E-state index in [9.17, 15) is 0 Å². The monoisotopic (exact) mass is 368 g/mol. The number of hydrogen-bond donors (Lipinski definition) is 0. The Bertz CT molecular complexity index is 468. The molecule has 0 heterocycles. The molecule has 0 saturated heterocycles. The van der Waals surface area contributed by atoms with E-state index in [1.165, 1.54) is 3.57 Å². The summed E-state index contributed by atoms with van der Waals surface area (Å²) in [5, 5.41) is 0. The van der Waals surface area contributed by atoms with Crippen molar-refractivity contribution in [1.82, 2.24) is 0 Å². The van der Waals surface area contributed by atoms with E-state index in [1.54, 1.807) is 0 Å². The first-order valence-corrected chi connectivity index (χ1v) is 7.49. The minimum atomic E-state index is 0.735. The van der Waals surface area contributed by atoms with Crippen LogP contribution in [0.1, 0.15) is 12.8 Å². The molecule has 0 aromatic heterocycles. The van der Waals surface area contributed by atoms with Crippen molar-refractivity contribution in [2.45, 2.75) is 12.8 Å². The molecule has 2 aromatic carbocycles. The van der Waals surface area contributed by atoms with E-state index in [4.69, 9.17) is 9.47 Å². The molecule has 0 amide bonds. The second kappa shape index (κ2) is 8.04. The van der Waals surface area contributed by atoms with Crippen LogP contribution in [0.3, 0.4) is 0 Å². The summed E-state index contributed by atoms with van der Waals surface area (Å²) in [6.45, 7) is 1.47. The molecule has 0 aliphatic heterocycles. The Morgan fingerprint density at radius 1 is 0.684 bits per heavy atom. The van der Waals surface area contributed by atoms with Crippen LogP contribution in [-0.4, -0.2) is 13.2 Å². The number of para-hydroxylation sites is 1. The number of rotatable bonds is 7. The van der Waals surface area contributed by atoms with E-state index in [1.807, 2.05) is 42.5 Å². The highest BCUT2D eigenvalue weighted by atomic mass is 127. The van der Waals surface area contributed by atoms with Crippen LogP contribution >= 0.6 is 22.6 Å². The molecule has 2 nitrogen and oxygen atoms in total. The van der Waals surface area contributed by atoms with Crippen molar-refractivity contribution in [2.75, 3.05) is 13.2 Å². The van der Waals surface area contributed by atoms with Crippen molar-refractivity contribution in [1.29, 1.82) is 0 Å². The van der Waals surface area contributed by atoms with Gasteiger partial charge in [0.05, 0.1) is 13.2 Å². The minimum absolute atomic E-state index is 0.735. The van der Waals surface area contributed by atoms with Gasteiger partial charge in [0.25, 0.3) is 0 Å². The van der Waals surface area contributed by atoms with Gasteiger partial charge in [-0.3, -0.25) is 0 Å². The molecule has 3 heteroatoms. The lowest BCUT2D eigenvalue weighted by molar-refractivity contribution is 0.266. The Hall–Kier alpha value is -1.23. The average molecular weight is 368 g/mol. The summed E-state index contributed by atoms with van der Waals surface area (Å²) in [5.74, 6) is 1.87. The molecule has 0 N–H and O–H groups in total. The van der Waals surface area contributed by atoms with Crippen LogP contribution in [0.15, 0.2) is 54.6 Å². The zero-order chi connectivity index (χ0) is 13.3. The topological polar surface area (TPSA) is 18.5 Å². The van der Waals surface area contributed by atoms with Crippen LogP contribution in [0, 0.1) is 3.57 Å². The minimum Gasteiger partial charge on any atom is -0.494 e. The summed E-state index contributed by atoms with van der Waals surface area (Å²) in [7, 11) is 0. The van der Waals surface area contributed by atoms with Gasteiger partial charge in [-0.25, -0.2) is 0 Å². The zero-order valence-electron chi connectivity index (χ0n) is 10.7. The van der Waals surface area contributed by atoms with Gasteiger partial charge in [-0.2, -0.15) is 0 Å². The van der Waals surface area contributed by atoms with E-state index in [-0.39, 0.29) is 0 Å². The molecule has 0 fully saturated rings. The zero-order valence-corrected chi connectivity index (χ0v) is 12.9. The first kappa shape index (κ1) is 14.2. The van der Waals surface area contributed by atoms with Crippen LogP contribution < -0.4 is 9.47 Å². The van der Waals surface area contributed by atoms with Gasteiger partial charge in [-0.1, -0.05) is 18.2 Å². The van der Waals surface area contributed by atoms with Crippen molar-refractivity contribution in [2.24, 2.45) is 0 Å². The lowest BCUT2D eigenvalue weighted by Gasteiger charge is -2.07. The molecule has 0 atom stereocenters. The van der Waals surface area contributed by atoms with Crippen molar-refractivity contribution in [3.8, 4) is 11.5 Å². The van der Waals surface area contributed by atoms with Gasteiger partial charge in [0.15, 0.2) is 0 Å². The van der Waals surface area contributed by atoms with Crippen molar-refractivity contribution in [3.05, 3.63) is 58.2 Å². The highest BCUT2D eigenvalue weighted by Crippen LogP contribution is 2.14.